The third-order valence-corrected chi connectivity index (χ3v) is 3.88. The van der Waals surface area contributed by atoms with E-state index in [0.717, 1.165) is 5.56 Å². The van der Waals surface area contributed by atoms with E-state index in [1.54, 1.807) is 0 Å². The zero-order valence-corrected chi connectivity index (χ0v) is 13.6. The van der Waals surface area contributed by atoms with E-state index in [1.807, 2.05) is 58.0 Å². The van der Waals surface area contributed by atoms with E-state index in [9.17, 15) is 9.59 Å². The van der Waals surface area contributed by atoms with E-state index in [0.29, 0.717) is 0 Å². The molecule has 5 heteroatoms. The topological polar surface area (TPSA) is 75.6 Å². The average Bonchev–Trinajstić information content (AvgIpc) is 2.43. The van der Waals surface area contributed by atoms with Gasteiger partial charge in [0.05, 0.1) is 6.42 Å². The van der Waals surface area contributed by atoms with Gasteiger partial charge in [-0.05, 0) is 16.9 Å². The monoisotopic (exact) mass is 307 g/mol. The average molecular weight is 307 g/mol. The van der Waals surface area contributed by atoms with Crippen molar-refractivity contribution in [3.05, 3.63) is 35.9 Å². The minimum atomic E-state index is -0.940. The second kappa shape index (κ2) is 7.82. The second-order valence-corrected chi connectivity index (χ2v) is 6.57. The molecule has 0 radical (unpaired) electrons. The zero-order chi connectivity index (χ0) is 16.8. The van der Waals surface area contributed by atoms with Crippen molar-refractivity contribution in [2.75, 3.05) is 0 Å². The first-order valence-corrected chi connectivity index (χ1v) is 7.39. The highest BCUT2D eigenvalue weighted by molar-refractivity contribution is 5.71. The van der Waals surface area contributed by atoms with Crippen molar-refractivity contribution in [1.82, 2.24) is 5.32 Å². The lowest BCUT2D eigenvalue weighted by Crippen LogP contribution is -2.45. The number of carbonyl (C=O) groups excluding carboxylic acids is 1. The molecule has 0 aliphatic rings. The van der Waals surface area contributed by atoms with Crippen molar-refractivity contribution < 1.29 is 19.4 Å². The minimum absolute atomic E-state index is 0.00660. The largest absolute Gasteiger partial charge is 0.481 e. The number of nitrogens with one attached hydrogen (secondary N) is 1. The quantitative estimate of drug-likeness (QED) is 0.844. The molecule has 0 aliphatic heterocycles. The van der Waals surface area contributed by atoms with Crippen molar-refractivity contribution in [3.8, 4) is 0 Å². The van der Waals surface area contributed by atoms with Crippen molar-refractivity contribution in [3.63, 3.8) is 0 Å². The fourth-order valence-electron chi connectivity index (χ4n) is 2.06. The number of ether oxygens (including phenoxy) is 1. The molecular weight excluding hydrogens is 282 g/mol. The molecule has 122 valence electrons. The van der Waals surface area contributed by atoms with E-state index in [2.05, 4.69) is 5.32 Å². The van der Waals surface area contributed by atoms with E-state index in [-0.39, 0.29) is 24.4 Å². The van der Waals surface area contributed by atoms with Crippen LogP contribution in [0, 0.1) is 11.3 Å². The van der Waals surface area contributed by atoms with E-state index in [4.69, 9.17) is 9.84 Å². The number of amides is 1. The number of rotatable bonds is 6. The molecule has 0 bridgehead atoms. The van der Waals surface area contributed by atoms with Gasteiger partial charge in [-0.2, -0.15) is 0 Å². The Morgan fingerprint density at radius 1 is 1.23 bits per heavy atom. The molecule has 2 atom stereocenters. The van der Waals surface area contributed by atoms with Crippen molar-refractivity contribution >= 4 is 12.1 Å². The molecule has 1 unspecified atom stereocenters. The Morgan fingerprint density at radius 3 is 2.32 bits per heavy atom. The van der Waals surface area contributed by atoms with Crippen LogP contribution >= 0.6 is 0 Å². The lowest BCUT2D eigenvalue weighted by Gasteiger charge is -2.34. The summed E-state index contributed by atoms with van der Waals surface area (Å²) >= 11 is 0. The number of benzene rings is 1. The Balaban J connectivity index is 2.61. The zero-order valence-electron chi connectivity index (χ0n) is 13.6. The van der Waals surface area contributed by atoms with Crippen LogP contribution in [0.2, 0.25) is 0 Å². The predicted octanol–water partition coefficient (Wildman–Crippen LogP) is 3.44. The van der Waals surface area contributed by atoms with Crippen molar-refractivity contribution in [2.45, 2.75) is 46.8 Å². The molecule has 1 amide bonds. The van der Waals surface area contributed by atoms with Gasteiger partial charge in [-0.15, -0.1) is 0 Å². The Kier molecular flexibility index (Phi) is 6.40. The third-order valence-electron chi connectivity index (χ3n) is 3.88. The van der Waals surface area contributed by atoms with Crippen molar-refractivity contribution in [2.24, 2.45) is 11.3 Å². The van der Waals surface area contributed by atoms with Gasteiger partial charge in [0.15, 0.2) is 0 Å². The van der Waals surface area contributed by atoms with Crippen LogP contribution in [0.4, 0.5) is 4.79 Å². The van der Waals surface area contributed by atoms with E-state index >= 15 is 0 Å². The molecule has 0 fully saturated rings. The summed E-state index contributed by atoms with van der Waals surface area (Å²) in [5.74, 6) is -0.947. The van der Waals surface area contributed by atoms with E-state index < -0.39 is 18.1 Å². The highest BCUT2D eigenvalue weighted by Gasteiger charge is 2.31. The summed E-state index contributed by atoms with van der Waals surface area (Å²) in [5.41, 5.74) is 0.767. The number of carboxylic acid groups (broad SMARTS) is 1. The minimum Gasteiger partial charge on any atom is -0.481 e. The smallest absolute Gasteiger partial charge is 0.407 e. The molecule has 0 saturated carbocycles. The van der Waals surface area contributed by atoms with Gasteiger partial charge in [0.25, 0.3) is 0 Å². The SMILES string of the molecule is CC([C@@H](CC(=O)O)NC(=O)OCc1ccccc1)C(C)(C)C. The van der Waals surface area contributed by atoms with Crippen molar-refractivity contribution in [1.29, 1.82) is 0 Å². The molecule has 5 nitrogen and oxygen atoms in total. The Bertz CT molecular complexity index is 493. The van der Waals surface area contributed by atoms with Gasteiger partial charge in [0, 0.05) is 6.04 Å². The standard InChI is InChI=1S/C17H25NO4/c1-12(17(2,3)4)14(10-15(19)20)18-16(21)22-11-13-8-6-5-7-9-13/h5-9,12,14H,10-11H2,1-4H3,(H,18,21)(H,19,20)/t12?,14-/m1/s1. The summed E-state index contributed by atoms with van der Waals surface area (Å²) in [6.45, 7) is 8.15. The normalized spacial score (nSPS) is 14.0. The second-order valence-electron chi connectivity index (χ2n) is 6.57. The number of carboxylic acids is 1. The molecule has 22 heavy (non-hydrogen) atoms. The molecule has 0 saturated heterocycles. The lowest BCUT2D eigenvalue weighted by molar-refractivity contribution is -0.138. The summed E-state index contributed by atoms with van der Waals surface area (Å²) < 4.78 is 5.16. The van der Waals surface area contributed by atoms with Gasteiger partial charge in [-0.1, -0.05) is 58.0 Å². The highest BCUT2D eigenvalue weighted by Crippen LogP contribution is 2.29. The number of alkyl carbamates (subject to hydrolysis) is 1. The molecule has 0 spiro atoms. The molecule has 1 aromatic rings. The van der Waals surface area contributed by atoms with Crippen LogP contribution in [-0.2, 0) is 16.1 Å². The van der Waals surface area contributed by atoms with Gasteiger partial charge in [0.2, 0.25) is 0 Å². The van der Waals surface area contributed by atoms with Crippen LogP contribution in [0.25, 0.3) is 0 Å². The summed E-state index contributed by atoms with van der Waals surface area (Å²) in [7, 11) is 0. The van der Waals surface area contributed by atoms with Gasteiger partial charge in [0.1, 0.15) is 6.61 Å². The molecule has 0 aliphatic carbocycles. The first kappa shape index (κ1) is 18.0. The van der Waals surface area contributed by atoms with Gasteiger partial charge >= 0.3 is 12.1 Å². The summed E-state index contributed by atoms with van der Waals surface area (Å²) in [5, 5.41) is 11.7. The number of carbonyl (C=O) groups is 2. The lowest BCUT2D eigenvalue weighted by atomic mass is 9.76. The first-order chi connectivity index (χ1) is 10.2. The highest BCUT2D eigenvalue weighted by atomic mass is 16.5. The maximum absolute atomic E-state index is 11.9. The number of hydrogen-bond donors (Lipinski definition) is 2. The number of aliphatic carboxylic acids is 1. The maximum Gasteiger partial charge on any atom is 0.407 e. The van der Waals surface area contributed by atoms with E-state index in [1.165, 1.54) is 0 Å². The fourth-order valence-corrected chi connectivity index (χ4v) is 2.06. The van der Waals surface area contributed by atoms with Gasteiger partial charge < -0.3 is 15.2 Å². The summed E-state index contributed by atoms with van der Waals surface area (Å²) in [4.78, 5) is 22.9. The molecule has 1 rings (SSSR count). The molecule has 2 N–H and O–H groups in total. The third kappa shape index (κ3) is 6.16. The first-order valence-electron chi connectivity index (χ1n) is 7.39. The summed E-state index contributed by atoms with van der Waals surface area (Å²) in [6, 6.07) is 8.87. The molecule has 0 aromatic heterocycles. The molecular formula is C17H25NO4. The Morgan fingerprint density at radius 2 is 1.82 bits per heavy atom. The van der Waals surface area contributed by atoms with Crippen LogP contribution in [0.15, 0.2) is 30.3 Å². The van der Waals surface area contributed by atoms with Crippen LogP contribution in [-0.4, -0.2) is 23.2 Å². The van der Waals surface area contributed by atoms with Crippen LogP contribution in [0.5, 0.6) is 0 Å². The van der Waals surface area contributed by atoms with Crippen LogP contribution in [0.1, 0.15) is 39.7 Å². The Labute approximate surface area is 131 Å². The number of hydrogen-bond acceptors (Lipinski definition) is 3. The predicted molar refractivity (Wildman–Crippen MR) is 84.4 cm³/mol. The van der Waals surface area contributed by atoms with Crippen LogP contribution < -0.4 is 5.32 Å². The van der Waals surface area contributed by atoms with Gasteiger partial charge in [-0.3, -0.25) is 4.79 Å². The fraction of sp³-hybridized carbons (Fsp3) is 0.529. The Hall–Kier alpha value is -2.04. The molecule has 0 heterocycles. The maximum atomic E-state index is 11.9. The van der Waals surface area contributed by atoms with Crippen LogP contribution in [0.3, 0.4) is 0 Å². The molecule has 1 aromatic carbocycles. The summed E-state index contributed by atoms with van der Waals surface area (Å²) in [6.07, 6.45) is -0.718. The van der Waals surface area contributed by atoms with Gasteiger partial charge in [-0.25, -0.2) is 4.79 Å².